The standard InChI is InChI=1S/C15H16N4O/c20-15(19-6-3-11-8-16-9-14(11)19)10-1-2-12-13(7-10)18-5-4-17-12/h1-2,4-5,7,11,14,16H,3,6,8-9H2/t11-,14+/m0/s1. The highest BCUT2D eigenvalue weighted by Crippen LogP contribution is 2.28. The number of hydrogen-bond acceptors (Lipinski definition) is 4. The summed E-state index contributed by atoms with van der Waals surface area (Å²) >= 11 is 0. The topological polar surface area (TPSA) is 58.1 Å². The summed E-state index contributed by atoms with van der Waals surface area (Å²) in [5.41, 5.74) is 2.31. The first-order chi connectivity index (χ1) is 9.83. The minimum atomic E-state index is 0.119. The molecule has 0 radical (unpaired) electrons. The van der Waals surface area contributed by atoms with Crippen LogP contribution in [0.4, 0.5) is 0 Å². The Morgan fingerprint density at radius 2 is 2.05 bits per heavy atom. The molecule has 1 aromatic heterocycles. The van der Waals surface area contributed by atoms with Crippen LogP contribution in [0.25, 0.3) is 11.0 Å². The summed E-state index contributed by atoms with van der Waals surface area (Å²) < 4.78 is 0. The first kappa shape index (κ1) is 11.8. The van der Waals surface area contributed by atoms with Crippen LogP contribution >= 0.6 is 0 Å². The van der Waals surface area contributed by atoms with Crippen molar-refractivity contribution in [2.24, 2.45) is 5.92 Å². The Balaban J connectivity index is 1.66. The molecule has 0 aliphatic carbocycles. The SMILES string of the molecule is O=C(c1ccc2nccnc2c1)N1CC[C@H]2CNC[C@H]21. The van der Waals surface area contributed by atoms with E-state index < -0.39 is 0 Å². The van der Waals surface area contributed by atoms with Crippen LogP contribution < -0.4 is 5.32 Å². The predicted octanol–water partition coefficient (Wildman–Crippen LogP) is 1.06. The number of hydrogen-bond donors (Lipinski definition) is 1. The van der Waals surface area contributed by atoms with E-state index in [4.69, 9.17) is 0 Å². The zero-order valence-corrected chi connectivity index (χ0v) is 11.1. The van der Waals surface area contributed by atoms with E-state index in [1.54, 1.807) is 12.4 Å². The third-order valence-corrected chi connectivity index (χ3v) is 4.42. The van der Waals surface area contributed by atoms with Gasteiger partial charge in [-0.15, -0.1) is 0 Å². The Morgan fingerprint density at radius 1 is 1.20 bits per heavy atom. The molecule has 20 heavy (non-hydrogen) atoms. The van der Waals surface area contributed by atoms with Gasteiger partial charge in [0.25, 0.3) is 5.91 Å². The predicted molar refractivity (Wildman–Crippen MR) is 75.3 cm³/mol. The average molecular weight is 268 g/mol. The zero-order chi connectivity index (χ0) is 13.5. The summed E-state index contributed by atoms with van der Waals surface area (Å²) in [5, 5.41) is 3.37. The van der Waals surface area contributed by atoms with Crippen LogP contribution in [0.5, 0.6) is 0 Å². The van der Waals surface area contributed by atoms with Crippen LogP contribution in [0.15, 0.2) is 30.6 Å². The van der Waals surface area contributed by atoms with Gasteiger partial charge in [-0.1, -0.05) is 0 Å². The van der Waals surface area contributed by atoms with Crippen molar-refractivity contribution < 1.29 is 4.79 Å². The Hall–Kier alpha value is -2.01. The molecule has 3 heterocycles. The Labute approximate surface area is 117 Å². The minimum Gasteiger partial charge on any atom is -0.334 e. The van der Waals surface area contributed by atoms with E-state index in [2.05, 4.69) is 15.3 Å². The van der Waals surface area contributed by atoms with E-state index in [-0.39, 0.29) is 5.91 Å². The number of carbonyl (C=O) groups is 1. The monoisotopic (exact) mass is 268 g/mol. The maximum atomic E-state index is 12.7. The fraction of sp³-hybridized carbons (Fsp3) is 0.400. The van der Waals surface area contributed by atoms with Gasteiger partial charge in [0.2, 0.25) is 0 Å². The molecule has 5 heteroatoms. The quantitative estimate of drug-likeness (QED) is 0.840. The van der Waals surface area contributed by atoms with Crippen LogP contribution in [0.1, 0.15) is 16.8 Å². The molecule has 0 spiro atoms. The summed E-state index contributed by atoms with van der Waals surface area (Å²) in [4.78, 5) is 23.2. The number of rotatable bonds is 1. The van der Waals surface area contributed by atoms with Crippen molar-refractivity contribution in [3.8, 4) is 0 Å². The molecular weight excluding hydrogens is 252 g/mol. The molecule has 2 atom stereocenters. The lowest BCUT2D eigenvalue weighted by Gasteiger charge is -2.23. The summed E-state index contributed by atoms with van der Waals surface area (Å²) in [6, 6.07) is 5.94. The van der Waals surface area contributed by atoms with Crippen LogP contribution in [0.3, 0.4) is 0 Å². The third kappa shape index (κ3) is 1.78. The maximum Gasteiger partial charge on any atom is 0.254 e. The van der Waals surface area contributed by atoms with Crippen molar-refractivity contribution in [3.05, 3.63) is 36.2 Å². The Bertz CT molecular complexity index is 672. The molecule has 0 unspecified atom stereocenters. The van der Waals surface area contributed by atoms with Crippen LogP contribution in [0.2, 0.25) is 0 Å². The van der Waals surface area contributed by atoms with Crippen molar-refractivity contribution in [2.45, 2.75) is 12.5 Å². The number of nitrogens with one attached hydrogen (secondary N) is 1. The fourth-order valence-corrected chi connectivity index (χ4v) is 3.36. The minimum absolute atomic E-state index is 0.119. The first-order valence-electron chi connectivity index (χ1n) is 7.05. The van der Waals surface area contributed by atoms with Gasteiger partial charge in [0.05, 0.1) is 11.0 Å². The van der Waals surface area contributed by atoms with E-state index in [0.717, 1.165) is 37.1 Å². The lowest BCUT2D eigenvalue weighted by atomic mass is 10.0. The number of benzene rings is 1. The second kappa shape index (κ2) is 4.52. The van der Waals surface area contributed by atoms with Gasteiger partial charge in [0, 0.05) is 43.6 Å². The van der Waals surface area contributed by atoms with Crippen molar-refractivity contribution >= 4 is 16.9 Å². The molecule has 1 N–H and O–H groups in total. The van der Waals surface area contributed by atoms with Crippen LogP contribution in [-0.2, 0) is 0 Å². The summed E-state index contributed by atoms with van der Waals surface area (Å²) in [6.07, 6.45) is 4.43. The largest absolute Gasteiger partial charge is 0.334 e. The molecule has 2 aliphatic rings. The van der Waals surface area contributed by atoms with Crippen molar-refractivity contribution in [1.82, 2.24) is 20.2 Å². The van der Waals surface area contributed by atoms with Crippen molar-refractivity contribution in [2.75, 3.05) is 19.6 Å². The van der Waals surface area contributed by atoms with Gasteiger partial charge in [0.15, 0.2) is 0 Å². The van der Waals surface area contributed by atoms with E-state index in [9.17, 15) is 4.79 Å². The molecule has 2 aromatic rings. The number of carbonyl (C=O) groups excluding carboxylic acids is 1. The molecule has 4 rings (SSSR count). The van der Waals surface area contributed by atoms with Crippen molar-refractivity contribution in [1.29, 1.82) is 0 Å². The second-order valence-corrected chi connectivity index (χ2v) is 5.53. The van der Waals surface area contributed by atoms with Crippen LogP contribution in [0, 0.1) is 5.92 Å². The fourth-order valence-electron chi connectivity index (χ4n) is 3.36. The highest BCUT2D eigenvalue weighted by molar-refractivity contribution is 5.97. The molecule has 0 saturated carbocycles. The van der Waals surface area contributed by atoms with Gasteiger partial charge in [0.1, 0.15) is 0 Å². The highest BCUT2D eigenvalue weighted by Gasteiger charge is 2.40. The molecule has 2 fully saturated rings. The Kier molecular flexibility index (Phi) is 2.67. The number of amides is 1. The van der Waals surface area contributed by atoms with Crippen molar-refractivity contribution in [3.63, 3.8) is 0 Å². The molecular formula is C15H16N4O. The molecule has 102 valence electrons. The van der Waals surface area contributed by atoms with Gasteiger partial charge in [-0.2, -0.15) is 0 Å². The summed E-state index contributed by atoms with van der Waals surface area (Å²) in [6.45, 7) is 2.83. The number of likely N-dealkylation sites (tertiary alicyclic amines) is 1. The smallest absolute Gasteiger partial charge is 0.254 e. The van der Waals surface area contributed by atoms with E-state index in [1.165, 1.54) is 0 Å². The number of aromatic nitrogens is 2. The van der Waals surface area contributed by atoms with Gasteiger partial charge >= 0.3 is 0 Å². The van der Waals surface area contributed by atoms with E-state index >= 15 is 0 Å². The molecule has 2 saturated heterocycles. The molecule has 2 aliphatic heterocycles. The number of fused-ring (bicyclic) bond motifs is 2. The Morgan fingerprint density at radius 3 is 2.95 bits per heavy atom. The lowest BCUT2D eigenvalue weighted by Crippen LogP contribution is -2.39. The molecule has 5 nitrogen and oxygen atoms in total. The van der Waals surface area contributed by atoms with Gasteiger partial charge in [-0.25, -0.2) is 0 Å². The third-order valence-electron chi connectivity index (χ3n) is 4.42. The second-order valence-electron chi connectivity index (χ2n) is 5.53. The van der Waals surface area contributed by atoms with E-state index in [1.807, 2.05) is 23.1 Å². The van der Waals surface area contributed by atoms with Crippen LogP contribution in [-0.4, -0.2) is 46.5 Å². The summed E-state index contributed by atoms with van der Waals surface area (Å²) in [5.74, 6) is 0.743. The molecule has 1 amide bonds. The zero-order valence-electron chi connectivity index (χ0n) is 11.1. The van der Waals surface area contributed by atoms with E-state index in [0.29, 0.717) is 17.5 Å². The van der Waals surface area contributed by atoms with Gasteiger partial charge < -0.3 is 10.2 Å². The molecule has 1 aromatic carbocycles. The van der Waals surface area contributed by atoms with Gasteiger partial charge in [-0.3, -0.25) is 14.8 Å². The highest BCUT2D eigenvalue weighted by atomic mass is 16.2. The maximum absolute atomic E-state index is 12.7. The summed E-state index contributed by atoms with van der Waals surface area (Å²) in [7, 11) is 0. The molecule has 0 bridgehead atoms. The number of nitrogens with zero attached hydrogens (tertiary/aromatic N) is 3. The lowest BCUT2D eigenvalue weighted by molar-refractivity contribution is 0.0737. The average Bonchev–Trinajstić information content (AvgIpc) is 3.09. The normalized spacial score (nSPS) is 25.1. The van der Waals surface area contributed by atoms with Gasteiger partial charge in [-0.05, 0) is 30.5 Å². The first-order valence-corrected chi connectivity index (χ1v) is 7.05.